The van der Waals surface area contributed by atoms with Crippen molar-refractivity contribution in [2.75, 3.05) is 0 Å². The van der Waals surface area contributed by atoms with Crippen molar-refractivity contribution in [2.24, 2.45) is 0 Å². The molecule has 0 saturated heterocycles. The molecule has 0 unspecified atom stereocenters. The molecule has 0 nitrogen and oxygen atoms in total. The third-order valence-electron chi connectivity index (χ3n) is 3.18. The molecule has 14 heavy (non-hydrogen) atoms. The molecule has 0 saturated carbocycles. The van der Waals surface area contributed by atoms with E-state index in [1.165, 1.54) is 56.7 Å². The lowest BCUT2D eigenvalue weighted by Gasteiger charge is -2.27. The standard InChI is InChI=1S/C13H29Si/c1-5-8-11-14(4,12-9-6-2)13-10-7-3/h4-13H2,1-3H3. The lowest BCUT2D eigenvalue weighted by Crippen LogP contribution is -2.30. The molecular formula is C13H29Si. The average molecular weight is 213 g/mol. The summed E-state index contributed by atoms with van der Waals surface area (Å²) < 4.78 is 0. The molecule has 1 heteroatoms. The highest BCUT2D eigenvalue weighted by Gasteiger charge is 2.24. The summed E-state index contributed by atoms with van der Waals surface area (Å²) in [5.41, 5.74) is 0. The van der Waals surface area contributed by atoms with Gasteiger partial charge in [0.25, 0.3) is 0 Å². The van der Waals surface area contributed by atoms with Crippen molar-refractivity contribution in [1.82, 2.24) is 0 Å². The minimum absolute atomic E-state index is 1.06. The zero-order valence-electron chi connectivity index (χ0n) is 10.6. The zero-order chi connectivity index (χ0) is 10.9. The summed E-state index contributed by atoms with van der Waals surface area (Å²) in [7, 11) is -1.06. The maximum atomic E-state index is 4.62. The first-order valence-corrected chi connectivity index (χ1v) is 9.36. The molecule has 0 rings (SSSR count). The van der Waals surface area contributed by atoms with Crippen LogP contribution in [0.15, 0.2) is 0 Å². The third-order valence-corrected chi connectivity index (χ3v) is 7.42. The van der Waals surface area contributed by atoms with Gasteiger partial charge in [-0.25, -0.2) is 0 Å². The van der Waals surface area contributed by atoms with E-state index in [1.54, 1.807) is 0 Å². The van der Waals surface area contributed by atoms with Gasteiger partial charge < -0.3 is 0 Å². The Morgan fingerprint density at radius 1 is 0.714 bits per heavy atom. The first kappa shape index (κ1) is 14.2. The molecule has 0 fully saturated rings. The van der Waals surface area contributed by atoms with Crippen LogP contribution in [0.2, 0.25) is 18.1 Å². The van der Waals surface area contributed by atoms with Gasteiger partial charge in [-0.15, -0.1) is 0 Å². The van der Waals surface area contributed by atoms with Crippen LogP contribution in [0.5, 0.6) is 0 Å². The minimum Gasteiger partial charge on any atom is -0.0654 e. The maximum absolute atomic E-state index is 4.62. The van der Waals surface area contributed by atoms with Crippen molar-refractivity contribution in [3.63, 3.8) is 0 Å². The molecular weight excluding hydrogens is 184 g/mol. The van der Waals surface area contributed by atoms with E-state index in [9.17, 15) is 0 Å². The van der Waals surface area contributed by atoms with Crippen LogP contribution >= 0.6 is 0 Å². The Bertz CT molecular complexity index is 98.6. The Kier molecular flexibility index (Phi) is 8.65. The van der Waals surface area contributed by atoms with Gasteiger partial charge in [0.05, 0.1) is 8.07 Å². The molecule has 0 aromatic heterocycles. The first-order chi connectivity index (χ1) is 6.68. The van der Waals surface area contributed by atoms with Crippen LogP contribution in [0.25, 0.3) is 0 Å². The van der Waals surface area contributed by atoms with E-state index < -0.39 is 8.07 Å². The zero-order valence-corrected chi connectivity index (χ0v) is 11.6. The molecule has 1 radical (unpaired) electrons. The topological polar surface area (TPSA) is 0 Å². The lowest BCUT2D eigenvalue weighted by molar-refractivity contribution is 0.799. The number of rotatable bonds is 9. The van der Waals surface area contributed by atoms with Gasteiger partial charge in [-0.1, -0.05) is 84.0 Å². The molecule has 0 aromatic carbocycles. The van der Waals surface area contributed by atoms with Crippen molar-refractivity contribution in [3.8, 4) is 0 Å². The number of unbranched alkanes of at least 4 members (excludes halogenated alkanes) is 3. The van der Waals surface area contributed by atoms with Gasteiger partial charge in [0.2, 0.25) is 0 Å². The average Bonchev–Trinajstić information content (AvgIpc) is 2.21. The quantitative estimate of drug-likeness (QED) is 0.461. The summed E-state index contributed by atoms with van der Waals surface area (Å²) >= 11 is 0. The molecule has 0 aromatic rings. The predicted molar refractivity (Wildman–Crippen MR) is 70.3 cm³/mol. The van der Waals surface area contributed by atoms with Crippen LogP contribution < -0.4 is 0 Å². The van der Waals surface area contributed by atoms with E-state index in [4.69, 9.17) is 0 Å². The summed E-state index contributed by atoms with van der Waals surface area (Å²) in [5, 5.41) is 0. The SMILES string of the molecule is [CH2][Si](CCCC)(CCCC)CCCC. The molecule has 0 amide bonds. The third kappa shape index (κ3) is 6.64. The molecule has 85 valence electrons. The van der Waals surface area contributed by atoms with E-state index in [1.807, 2.05) is 0 Å². The largest absolute Gasteiger partial charge is 0.0654 e. The molecule has 0 heterocycles. The Morgan fingerprint density at radius 2 is 1.00 bits per heavy atom. The van der Waals surface area contributed by atoms with Crippen LogP contribution in [0.4, 0.5) is 0 Å². The van der Waals surface area contributed by atoms with Gasteiger partial charge >= 0.3 is 0 Å². The molecule has 0 spiro atoms. The summed E-state index contributed by atoms with van der Waals surface area (Å²) in [4.78, 5) is 0. The van der Waals surface area contributed by atoms with E-state index in [0.717, 1.165) is 0 Å². The van der Waals surface area contributed by atoms with E-state index in [0.29, 0.717) is 0 Å². The van der Waals surface area contributed by atoms with Gasteiger partial charge in [-0.05, 0) is 0 Å². The summed E-state index contributed by atoms with van der Waals surface area (Å²) in [5.74, 6) is 0. The second kappa shape index (κ2) is 8.52. The minimum atomic E-state index is -1.06. The first-order valence-electron chi connectivity index (χ1n) is 6.54. The van der Waals surface area contributed by atoms with Crippen LogP contribution in [0, 0.1) is 6.55 Å². The number of hydrogen-bond acceptors (Lipinski definition) is 0. The predicted octanol–water partition coefficient (Wildman–Crippen LogP) is 5.21. The molecule has 0 aliphatic heterocycles. The monoisotopic (exact) mass is 213 g/mol. The van der Waals surface area contributed by atoms with Crippen LogP contribution in [0.3, 0.4) is 0 Å². The molecule has 0 N–H and O–H groups in total. The van der Waals surface area contributed by atoms with Crippen LogP contribution in [0.1, 0.15) is 59.3 Å². The van der Waals surface area contributed by atoms with E-state index in [-0.39, 0.29) is 0 Å². The highest BCUT2D eigenvalue weighted by Crippen LogP contribution is 2.26. The fourth-order valence-corrected chi connectivity index (χ4v) is 6.09. The van der Waals surface area contributed by atoms with Crippen molar-refractivity contribution in [3.05, 3.63) is 6.55 Å². The second-order valence-corrected chi connectivity index (χ2v) is 9.31. The van der Waals surface area contributed by atoms with Gasteiger partial charge in [-0.2, -0.15) is 0 Å². The van der Waals surface area contributed by atoms with E-state index >= 15 is 0 Å². The van der Waals surface area contributed by atoms with Crippen molar-refractivity contribution in [2.45, 2.75) is 77.4 Å². The van der Waals surface area contributed by atoms with Crippen LogP contribution in [-0.2, 0) is 0 Å². The highest BCUT2D eigenvalue weighted by molar-refractivity contribution is 6.81. The Labute approximate surface area is 92.5 Å². The maximum Gasteiger partial charge on any atom is 0.0533 e. The van der Waals surface area contributed by atoms with Crippen molar-refractivity contribution >= 4 is 8.07 Å². The Morgan fingerprint density at radius 3 is 1.21 bits per heavy atom. The second-order valence-electron chi connectivity index (χ2n) is 4.81. The molecule has 0 aliphatic carbocycles. The Balaban J connectivity index is 3.89. The molecule has 0 bridgehead atoms. The molecule has 0 atom stereocenters. The van der Waals surface area contributed by atoms with Crippen molar-refractivity contribution < 1.29 is 0 Å². The lowest BCUT2D eigenvalue weighted by atomic mass is 10.4. The Hall–Kier alpha value is 0.217. The normalized spacial score (nSPS) is 12.0. The van der Waals surface area contributed by atoms with Crippen molar-refractivity contribution in [1.29, 1.82) is 0 Å². The van der Waals surface area contributed by atoms with E-state index in [2.05, 4.69) is 27.3 Å². The fraction of sp³-hybridized carbons (Fsp3) is 0.923. The number of hydrogen-bond donors (Lipinski definition) is 0. The summed E-state index contributed by atoms with van der Waals surface area (Å²) in [6.07, 6.45) is 8.31. The highest BCUT2D eigenvalue weighted by atomic mass is 28.3. The fourth-order valence-electron chi connectivity index (χ4n) is 2.03. The summed E-state index contributed by atoms with van der Waals surface area (Å²) in [6.45, 7) is 11.5. The van der Waals surface area contributed by atoms with Gasteiger partial charge in [0.1, 0.15) is 0 Å². The van der Waals surface area contributed by atoms with Gasteiger partial charge in [0.15, 0.2) is 0 Å². The van der Waals surface area contributed by atoms with Crippen LogP contribution in [-0.4, -0.2) is 8.07 Å². The van der Waals surface area contributed by atoms with Gasteiger partial charge in [0, 0.05) is 0 Å². The smallest absolute Gasteiger partial charge is 0.0533 e. The summed E-state index contributed by atoms with van der Waals surface area (Å²) in [6, 6.07) is 4.43. The van der Waals surface area contributed by atoms with Gasteiger partial charge in [-0.3, -0.25) is 0 Å². The molecule has 0 aliphatic rings.